The van der Waals surface area contributed by atoms with E-state index in [1.54, 1.807) is 18.2 Å². The van der Waals surface area contributed by atoms with Crippen LogP contribution in [-0.2, 0) is 10.0 Å². The summed E-state index contributed by atoms with van der Waals surface area (Å²) in [6.45, 7) is 0. The largest absolute Gasteiger partial charge is 0.504 e. The third kappa shape index (κ3) is 5.25. The topological polar surface area (TPSA) is 143 Å². The van der Waals surface area contributed by atoms with Crippen molar-refractivity contribution in [2.45, 2.75) is 4.90 Å². The molecule has 0 aromatic heterocycles. The van der Waals surface area contributed by atoms with Crippen LogP contribution in [-0.4, -0.2) is 31.8 Å². The second-order valence-corrected chi connectivity index (χ2v) is 8.41. The lowest BCUT2D eigenvalue weighted by Crippen LogP contribution is -2.15. The predicted molar refractivity (Wildman–Crippen MR) is 121 cm³/mol. The summed E-state index contributed by atoms with van der Waals surface area (Å²) < 4.78 is 33.2. The van der Waals surface area contributed by atoms with E-state index in [0.29, 0.717) is 10.6 Å². The van der Waals surface area contributed by atoms with Gasteiger partial charge in [0.15, 0.2) is 11.5 Å². The lowest BCUT2D eigenvalue weighted by atomic mass is 10.2. The molecule has 0 aliphatic heterocycles. The number of nitrogens with zero attached hydrogens (tertiary/aromatic N) is 2. The van der Waals surface area contributed by atoms with E-state index in [1.807, 2.05) is 0 Å². The summed E-state index contributed by atoms with van der Waals surface area (Å²) in [6.07, 6.45) is 1.25. The number of benzene rings is 3. The van der Waals surface area contributed by atoms with Crippen molar-refractivity contribution < 1.29 is 23.2 Å². The van der Waals surface area contributed by atoms with Crippen LogP contribution in [0, 0.1) is 10.1 Å². The molecule has 0 atom stereocenters. The number of nitro benzene ring substituents is 1. The molecule has 166 valence electrons. The number of phenols is 1. The molecule has 0 saturated heterocycles. The zero-order valence-corrected chi connectivity index (χ0v) is 18.1. The molecule has 0 bridgehead atoms. The van der Waals surface area contributed by atoms with E-state index in [9.17, 15) is 23.6 Å². The maximum atomic E-state index is 12.9. The zero-order valence-electron chi connectivity index (χ0n) is 16.5. The first-order valence-corrected chi connectivity index (χ1v) is 10.8. The summed E-state index contributed by atoms with van der Waals surface area (Å²) in [7, 11) is -2.83. The van der Waals surface area contributed by atoms with Crippen LogP contribution in [0.15, 0.2) is 70.7 Å². The number of ether oxygens (including phenoxy) is 1. The molecule has 3 rings (SSSR count). The van der Waals surface area contributed by atoms with Gasteiger partial charge in [0.05, 0.1) is 23.9 Å². The van der Waals surface area contributed by atoms with Crippen molar-refractivity contribution in [3.63, 3.8) is 0 Å². The van der Waals surface area contributed by atoms with Gasteiger partial charge < -0.3 is 9.84 Å². The van der Waals surface area contributed by atoms with Gasteiger partial charge in [-0.05, 0) is 42.5 Å². The number of para-hydroxylation sites is 1. The Balaban J connectivity index is 1.94. The first-order chi connectivity index (χ1) is 15.2. The number of non-ortho nitro benzene ring substituents is 1. The van der Waals surface area contributed by atoms with Gasteiger partial charge in [0.1, 0.15) is 4.90 Å². The van der Waals surface area contributed by atoms with Crippen molar-refractivity contribution in [2.75, 3.05) is 17.3 Å². The van der Waals surface area contributed by atoms with Crippen LogP contribution in [0.2, 0.25) is 5.02 Å². The Labute approximate surface area is 188 Å². The highest BCUT2D eigenvalue weighted by molar-refractivity contribution is 7.92. The molecule has 3 N–H and O–H groups in total. The molecule has 0 saturated carbocycles. The second-order valence-electron chi connectivity index (χ2n) is 6.32. The molecule has 0 unspecified atom stereocenters. The van der Waals surface area contributed by atoms with E-state index >= 15 is 0 Å². The molecule has 3 aromatic rings. The minimum absolute atomic E-state index is 0.0179. The SMILES string of the molecule is COc1cccc(/C=N/Nc2ccc([N+](=O)[O-])cc2S(=O)(=O)Nc2ccc(Cl)cc2)c1O. The summed E-state index contributed by atoms with van der Waals surface area (Å²) in [5.74, 6) is 0.0845. The monoisotopic (exact) mass is 476 g/mol. The minimum Gasteiger partial charge on any atom is -0.504 e. The number of anilines is 2. The highest BCUT2D eigenvalue weighted by Gasteiger charge is 2.22. The summed E-state index contributed by atoms with van der Waals surface area (Å²) >= 11 is 5.81. The Morgan fingerprint density at radius 3 is 2.53 bits per heavy atom. The number of phenolic OH excluding ortho intramolecular Hbond substituents is 1. The first-order valence-electron chi connectivity index (χ1n) is 8.93. The zero-order chi connectivity index (χ0) is 23.3. The van der Waals surface area contributed by atoms with Crippen LogP contribution >= 0.6 is 11.6 Å². The van der Waals surface area contributed by atoms with Crippen molar-refractivity contribution in [3.8, 4) is 11.5 Å². The smallest absolute Gasteiger partial charge is 0.270 e. The molecular formula is C20H17ClN4O6S. The normalized spacial score (nSPS) is 11.3. The van der Waals surface area contributed by atoms with Crippen LogP contribution in [0.5, 0.6) is 11.5 Å². The van der Waals surface area contributed by atoms with E-state index < -0.39 is 25.5 Å². The summed E-state index contributed by atoms with van der Waals surface area (Å²) in [5.41, 5.74) is 2.64. The highest BCUT2D eigenvalue weighted by atomic mass is 35.5. The van der Waals surface area contributed by atoms with Gasteiger partial charge in [0, 0.05) is 28.4 Å². The number of sulfonamides is 1. The third-order valence-corrected chi connectivity index (χ3v) is 5.87. The van der Waals surface area contributed by atoms with Crippen LogP contribution in [0.1, 0.15) is 5.56 Å². The minimum atomic E-state index is -4.23. The van der Waals surface area contributed by atoms with E-state index in [1.165, 1.54) is 43.7 Å². The average Bonchev–Trinajstić information content (AvgIpc) is 2.76. The van der Waals surface area contributed by atoms with E-state index in [4.69, 9.17) is 16.3 Å². The van der Waals surface area contributed by atoms with Gasteiger partial charge >= 0.3 is 0 Å². The Morgan fingerprint density at radius 1 is 1.16 bits per heavy atom. The standard InChI is InChI=1S/C20H17ClN4O6S/c1-31-18-4-2-3-13(20(18)26)12-22-23-17-10-9-16(25(27)28)11-19(17)32(29,30)24-15-7-5-14(21)6-8-15/h2-12,23-24,26H,1H3/b22-12+. The average molecular weight is 477 g/mol. The quantitative estimate of drug-likeness (QED) is 0.251. The van der Waals surface area contributed by atoms with Crippen molar-refractivity contribution in [1.82, 2.24) is 0 Å². The number of hydrogen-bond acceptors (Lipinski definition) is 8. The van der Waals surface area contributed by atoms with Gasteiger partial charge in [-0.25, -0.2) is 8.42 Å². The Bertz CT molecular complexity index is 1280. The van der Waals surface area contributed by atoms with Gasteiger partial charge in [-0.3, -0.25) is 20.3 Å². The Hall–Kier alpha value is -3.83. The molecule has 0 radical (unpaired) electrons. The fourth-order valence-corrected chi connectivity index (χ4v) is 4.01. The fraction of sp³-hybridized carbons (Fsp3) is 0.0500. The molecule has 0 aliphatic carbocycles. The van der Waals surface area contributed by atoms with E-state index in [0.717, 1.165) is 12.1 Å². The van der Waals surface area contributed by atoms with Crippen LogP contribution in [0.4, 0.5) is 17.1 Å². The molecule has 0 heterocycles. The lowest BCUT2D eigenvalue weighted by Gasteiger charge is -2.12. The second kappa shape index (κ2) is 9.54. The molecule has 3 aromatic carbocycles. The summed E-state index contributed by atoms with van der Waals surface area (Å²) in [5, 5.41) is 25.6. The van der Waals surface area contributed by atoms with Crippen molar-refractivity contribution >= 4 is 44.9 Å². The maximum absolute atomic E-state index is 12.9. The lowest BCUT2D eigenvalue weighted by molar-refractivity contribution is -0.385. The van der Waals surface area contributed by atoms with Crippen molar-refractivity contribution in [1.29, 1.82) is 0 Å². The van der Waals surface area contributed by atoms with Gasteiger partial charge in [-0.1, -0.05) is 17.7 Å². The molecule has 12 heteroatoms. The van der Waals surface area contributed by atoms with Gasteiger partial charge in [-0.15, -0.1) is 0 Å². The number of rotatable bonds is 8. The molecular weight excluding hydrogens is 460 g/mol. The number of halogens is 1. The van der Waals surface area contributed by atoms with Crippen molar-refractivity contribution in [3.05, 3.63) is 81.4 Å². The number of nitrogens with one attached hydrogen (secondary N) is 2. The predicted octanol–water partition coefficient (Wildman–Crippen LogP) is 4.21. The van der Waals surface area contributed by atoms with E-state index in [-0.39, 0.29) is 22.9 Å². The Kier molecular flexibility index (Phi) is 6.81. The molecule has 0 fully saturated rings. The number of hydrogen-bond donors (Lipinski definition) is 3. The Morgan fingerprint density at radius 2 is 1.88 bits per heavy atom. The number of aromatic hydroxyl groups is 1. The molecule has 0 aliphatic rings. The maximum Gasteiger partial charge on any atom is 0.270 e. The van der Waals surface area contributed by atoms with Gasteiger partial charge in [0.2, 0.25) is 0 Å². The molecule has 0 spiro atoms. The summed E-state index contributed by atoms with van der Waals surface area (Å²) in [4.78, 5) is 10.1. The summed E-state index contributed by atoms with van der Waals surface area (Å²) in [6, 6.07) is 13.9. The molecule has 10 nitrogen and oxygen atoms in total. The highest BCUT2D eigenvalue weighted by Crippen LogP contribution is 2.30. The van der Waals surface area contributed by atoms with Gasteiger partial charge in [-0.2, -0.15) is 5.10 Å². The molecule has 32 heavy (non-hydrogen) atoms. The van der Waals surface area contributed by atoms with Crippen LogP contribution in [0.3, 0.4) is 0 Å². The van der Waals surface area contributed by atoms with Crippen molar-refractivity contribution in [2.24, 2.45) is 5.10 Å². The van der Waals surface area contributed by atoms with Crippen LogP contribution < -0.4 is 14.9 Å². The van der Waals surface area contributed by atoms with E-state index in [2.05, 4.69) is 15.2 Å². The number of hydrazone groups is 1. The molecule has 0 amide bonds. The van der Waals surface area contributed by atoms with Gasteiger partial charge in [0.25, 0.3) is 15.7 Å². The fourth-order valence-electron chi connectivity index (χ4n) is 2.65. The third-order valence-electron chi connectivity index (χ3n) is 4.20. The number of nitro groups is 1. The van der Waals surface area contributed by atoms with Crippen LogP contribution in [0.25, 0.3) is 0 Å². The first kappa shape index (κ1) is 22.8. The number of methoxy groups -OCH3 is 1.